The van der Waals surface area contributed by atoms with Crippen LogP contribution in [0, 0.1) is 0 Å². The molecule has 0 aliphatic carbocycles. The van der Waals surface area contributed by atoms with Crippen molar-refractivity contribution in [3.8, 4) is 17.2 Å². The minimum Gasteiger partial charge on any atom is -0.493 e. The molecule has 5 heteroatoms. The maximum atomic E-state index is 12.0. The molecule has 2 aromatic carbocycles. The topological polar surface area (TPSA) is 44.8 Å². The molecule has 0 radical (unpaired) electrons. The molecule has 20 heavy (non-hydrogen) atoms. The molecule has 2 aromatic rings. The van der Waals surface area contributed by atoms with Crippen LogP contribution in [-0.4, -0.2) is 20.2 Å². The van der Waals surface area contributed by atoms with Gasteiger partial charge in [0, 0.05) is 5.02 Å². The summed E-state index contributed by atoms with van der Waals surface area (Å²) in [6.07, 6.45) is 0. The molecule has 4 nitrogen and oxygen atoms in total. The normalized spacial score (nSPS) is 9.95. The lowest BCUT2D eigenvalue weighted by atomic mass is 10.2. The zero-order valence-electron chi connectivity index (χ0n) is 11.1. The zero-order valence-corrected chi connectivity index (χ0v) is 11.8. The van der Waals surface area contributed by atoms with Gasteiger partial charge in [-0.25, -0.2) is 4.79 Å². The summed E-state index contributed by atoms with van der Waals surface area (Å²) < 4.78 is 15.5. The van der Waals surface area contributed by atoms with Gasteiger partial charge in [0.1, 0.15) is 5.75 Å². The van der Waals surface area contributed by atoms with E-state index in [-0.39, 0.29) is 0 Å². The number of ether oxygens (including phenoxy) is 3. The molecule has 0 spiro atoms. The molecule has 0 aliphatic heterocycles. The molecule has 0 bridgehead atoms. The lowest BCUT2D eigenvalue weighted by Crippen LogP contribution is -2.08. The third-order valence-corrected chi connectivity index (χ3v) is 2.90. The maximum Gasteiger partial charge on any atom is 0.343 e. The maximum absolute atomic E-state index is 12.0. The average Bonchev–Trinajstić information content (AvgIpc) is 2.48. The van der Waals surface area contributed by atoms with E-state index < -0.39 is 5.97 Å². The van der Waals surface area contributed by atoms with Gasteiger partial charge in [0.15, 0.2) is 11.5 Å². The molecule has 0 amide bonds. The van der Waals surface area contributed by atoms with Crippen molar-refractivity contribution in [3.05, 3.63) is 53.1 Å². The van der Waals surface area contributed by atoms with Crippen LogP contribution in [0.5, 0.6) is 17.2 Å². The van der Waals surface area contributed by atoms with E-state index in [9.17, 15) is 4.79 Å². The Balaban J connectivity index is 2.18. The Morgan fingerprint density at radius 1 is 0.950 bits per heavy atom. The van der Waals surface area contributed by atoms with Crippen LogP contribution in [0.4, 0.5) is 0 Å². The summed E-state index contributed by atoms with van der Waals surface area (Å²) in [7, 11) is 3.04. The standard InChI is InChI=1S/C15H13ClO4/c1-18-13-8-3-10(9-14(13)19-2)15(17)20-12-6-4-11(16)5-7-12/h3-9H,1-2H3. The number of esters is 1. The monoisotopic (exact) mass is 292 g/mol. The molecule has 0 unspecified atom stereocenters. The van der Waals surface area contributed by atoms with Crippen molar-refractivity contribution in [2.24, 2.45) is 0 Å². The summed E-state index contributed by atoms with van der Waals surface area (Å²) >= 11 is 5.77. The van der Waals surface area contributed by atoms with Crippen LogP contribution in [-0.2, 0) is 0 Å². The van der Waals surface area contributed by atoms with Crippen molar-refractivity contribution < 1.29 is 19.0 Å². The van der Waals surface area contributed by atoms with Gasteiger partial charge in [-0.1, -0.05) is 11.6 Å². The Morgan fingerprint density at radius 2 is 1.60 bits per heavy atom. The Kier molecular flexibility index (Phi) is 4.48. The second-order valence-corrected chi connectivity index (χ2v) is 4.35. The van der Waals surface area contributed by atoms with Crippen LogP contribution in [0.1, 0.15) is 10.4 Å². The van der Waals surface area contributed by atoms with Gasteiger partial charge in [0.05, 0.1) is 19.8 Å². The van der Waals surface area contributed by atoms with Crippen molar-refractivity contribution in [2.75, 3.05) is 14.2 Å². The molecule has 0 atom stereocenters. The lowest BCUT2D eigenvalue weighted by molar-refractivity contribution is 0.0734. The predicted molar refractivity (Wildman–Crippen MR) is 76.0 cm³/mol. The van der Waals surface area contributed by atoms with Gasteiger partial charge in [0.2, 0.25) is 0 Å². The van der Waals surface area contributed by atoms with Gasteiger partial charge in [-0.3, -0.25) is 0 Å². The first-order valence-electron chi connectivity index (χ1n) is 5.84. The van der Waals surface area contributed by atoms with Crippen LogP contribution in [0.25, 0.3) is 0 Å². The summed E-state index contributed by atoms with van der Waals surface area (Å²) in [5.41, 5.74) is 0.373. The summed E-state index contributed by atoms with van der Waals surface area (Å²) in [4.78, 5) is 12.0. The van der Waals surface area contributed by atoms with Crippen molar-refractivity contribution in [1.82, 2.24) is 0 Å². The molecule has 104 valence electrons. The second kappa shape index (κ2) is 6.30. The SMILES string of the molecule is COc1ccc(C(=O)Oc2ccc(Cl)cc2)cc1OC. The van der Waals surface area contributed by atoms with E-state index in [1.807, 2.05) is 0 Å². The highest BCUT2D eigenvalue weighted by Gasteiger charge is 2.12. The predicted octanol–water partition coefficient (Wildman–Crippen LogP) is 3.58. The third-order valence-electron chi connectivity index (χ3n) is 2.64. The smallest absolute Gasteiger partial charge is 0.343 e. The number of benzene rings is 2. The first kappa shape index (κ1) is 14.2. The van der Waals surface area contributed by atoms with Crippen molar-refractivity contribution in [3.63, 3.8) is 0 Å². The van der Waals surface area contributed by atoms with Crippen LogP contribution >= 0.6 is 11.6 Å². The molecule has 0 aromatic heterocycles. The van der Waals surface area contributed by atoms with E-state index in [2.05, 4.69) is 0 Å². The van der Waals surface area contributed by atoms with Crippen molar-refractivity contribution in [2.45, 2.75) is 0 Å². The first-order valence-corrected chi connectivity index (χ1v) is 6.21. The molecule has 0 fully saturated rings. The summed E-state index contributed by atoms with van der Waals surface area (Å²) in [5, 5.41) is 0.580. The van der Waals surface area contributed by atoms with Gasteiger partial charge >= 0.3 is 5.97 Å². The molecule has 2 rings (SSSR count). The number of halogens is 1. The molecular formula is C15H13ClO4. The van der Waals surface area contributed by atoms with Gasteiger partial charge < -0.3 is 14.2 Å². The van der Waals surface area contributed by atoms with Gasteiger partial charge in [0.25, 0.3) is 0 Å². The van der Waals surface area contributed by atoms with E-state index in [1.165, 1.54) is 14.2 Å². The fourth-order valence-corrected chi connectivity index (χ4v) is 1.76. The van der Waals surface area contributed by atoms with Gasteiger partial charge in [-0.15, -0.1) is 0 Å². The fourth-order valence-electron chi connectivity index (χ4n) is 1.63. The second-order valence-electron chi connectivity index (χ2n) is 3.91. The Hall–Kier alpha value is -2.20. The molecule has 0 saturated heterocycles. The average molecular weight is 293 g/mol. The number of carbonyl (C=O) groups excluding carboxylic acids is 1. The molecule has 0 saturated carbocycles. The zero-order chi connectivity index (χ0) is 14.5. The Labute approximate surface area is 121 Å². The van der Waals surface area contributed by atoms with Crippen LogP contribution in [0.3, 0.4) is 0 Å². The Morgan fingerprint density at radius 3 is 2.20 bits per heavy atom. The Bertz CT molecular complexity index is 608. The minimum atomic E-state index is -0.478. The van der Waals surface area contributed by atoms with Crippen molar-refractivity contribution in [1.29, 1.82) is 0 Å². The minimum absolute atomic E-state index is 0.373. The number of hydrogen-bond donors (Lipinski definition) is 0. The number of carbonyl (C=O) groups is 1. The van der Waals surface area contributed by atoms with Crippen LogP contribution < -0.4 is 14.2 Å². The van der Waals surface area contributed by atoms with E-state index in [1.54, 1.807) is 42.5 Å². The highest BCUT2D eigenvalue weighted by Crippen LogP contribution is 2.28. The number of methoxy groups -OCH3 is 2. The molecular weight excluding hydrogens is 280 g/mol. The van der Waals surface area contributed by atoms with Gasteiger partial charge in [-0.2, -0.15) is 0 Å². The number of rotatable bonds is 4. The lowest BCUT2D eigenvalue weighted by Gasteiger charge is -2.09. The molecule has 0 aliphatic rings. The largest absolute Gasteiger partial charge is 0.493 e. The van der Waals surface area contributed by atoms with E-state index >= 15 is 0 Å². The quantitative estimate of drug-likeness (QED) is 0.638. The third kappa shape index (κ3) is 3.22. The highest BCUT2D eigenvalue weighted by molar-refractivity contribution is 6.30. The summed E-state index contributed by atoms with van der Waals surface area (Å²) in [6.45, 7) is 0. The van der Waals surface area contributed by atoms with E-state index in [0.717, 1.165) is 0 Å². The highest BCUT2D eigenvalue weighted by atomic mass is 35.5. The van der Waals surface area contributed by atoms with E-state index in [0.29, 0.717) is 27.8 Å². The molecule has 0 N–H and O–H groups in total. The summed E-state index contributed by atoms with van der Waals surface area (Å²) in [5.74, 6) is 0.969. The summed E-state index contributed by atoms with van der Waals surface area (Å²) in [6, 6.07) is 11.4. The van der Waals surface area contributed by atoms with Crippen molar-refractivity contribution >= 4 is 17.6 Å². The van der Waals surface area contributed by atoms with Crippen LogP contribution in [0.15, 0.2) is 42.5 Å². The number of hydrogen-bond acceptors (Lipinski definition) is 4. The molecule has 0 heterocycles. The van der Waals surface area contributed by atoms with Crippen LogP contribution in [0.2, 0.25) is 5.02 Å². The fraction of sp³-hybridized carbons (Fsp3) is 0.133. The van der Waals surface area contributed by atoms with Gasteiger partial charge in [-0.05, 0) is 42.5 Å². The van der Waals surface area contributed by atoms with E-state index in [4.69, 9.17) is 25.8 Å². The first-order chi connectivity index (χ1) is 9.63.